The van der Waals surface area contributed by atoms with Gasteiger partial charge in [0.1, 0.15) is 0 Å². The first-order valence-corrected chi connectivity index (χ1v) is 11.4. The van der Waals surface area contributed by atoms with Crippen LogP contribution in [0.15, 0.2) is 0 Å². The summed E-state index contributed by atoms with van der Waals surface area (Å²) in [5.74, 6) is -1.56. The Morgan fingerprint density at radius 1 is 0.815 bits per heavy atom. The summed E-state index contributed by atoms with van der Waals surface area (Å²) in [5, 5.41) is -5.28. The summed E-state index contributed by atoms with van der Waals surface area (Å²) in [6.45, 7) is 0. The first-order valence-electron chi connectivity index (χ1n) is 8.39. The molecule has 1 N–H and O–H groups in total. The van der Waals surface area contributed by atoms with E-state index in [2.05, 4.69) is 0 Å². The molecule has 0 aromatic carbocycles. The van der Waals surface area contributed by atoms with Crippen molar-refractivity contribution in [3.63, 3.8) is 0 Å². The van der Waals surface area contributed by atoms with E-state index >= 15 is 0 Å². The summed E-state index contributed by atoms with van der Waals surface area (Å²) in [4.78, 5) is 12.0. The first kappa shape index (κ1) is 20.9. The monoisotopic (exact) mass is 439 g/mol. The number of halogens is 5. The standard InChI is InChI=1S/C14H18F5NO5S2/c15-13(16,26(22,23)20-27(24,25)14(17,18)19)12(21)6-11-9-2-7-1-8(4-9)5-10(11)3-7/h7-11,20H,1-6H2. The number of carbonyl (C=O) groups is 1. The summed E-state index contributed by atoms with van der Waals surface area (Å²) in [6, 6.07) is 0. The largest absolute Gasteiger partial charge is 0.512 e. The Labute approximate surface area is 153 Å². The molecule has 0 heterocycles. The van der Waals surface area contributed by atoms with Crippen LogP contribution in [0.1, 0.15) is 38.5 Å². The van der Waals surface area contributed by atoms with Gasteiger partial charge in [0, 0.05) is 6.42 Å². The minimum absolute atomic E-state index is 0.00979. The lowest BCUT2D eigenvalue weighted by molar-refractivity contribution is -0.138. The molecule has 27 heavy (non-hydrogen) atoms. The number of hydrogen-bond donors (Lipinski definition) is 1. The van der Waals surface area contributed by atoms with Crippen molar-refractivity contribution in [3.8, 4) is 0 Å². The number of carbonyl (C=O) groups excluding carboxylic acids is 1. The van der Waals surface area contributed by atoms with E-state index in [1.54, 1.807) is 0 Å². The van der Waals surface area contributed by atoms with Gasteiger partial charge in [-0.2, -0.15) is 22.0 Å². The maximum atomic E-state index is 14.1. The van der Waals surface area contributed by atoms with Gasteiger partial charge in [0.2, 0.25) is 5.78 Å². The number of ketones is 1. The number of alkyl halides is 5. The van der Waals surface area contributed by atoms with E-state index in [0.717, 1.165) is 32.1 Å². The van der Waals surface area contributed by atoms with Crippen LogP contribution in [0.3, 0.4) is 0 Å². The second-order valence-electron chi connectivity index (χ2n) is 7.77. The van der Waals surface area contributed by atoms with Crippen molar-refractivity contribution in [2.24, 2.45) is 29.6 Å². The zero-order valence-corrected chi connectivity index (χ0v) is 15.5. The fourth-order valence-electron chi connectivity index (χ4n) is 5.10. The predicted molar refractivity (Wildman–Crippen MR) is 82.1 cm³/mol. The molecule has 0 amide bonds. The van der Waals surface area contributed by atoms with Gasteiger partial charge in [-0.3, -0.25) is 4.79 Å². The molecule has 4 aliphatic rings. The van der Waals surface area contributed by atoms with Crippen LogP contribution in [0.25, 0.3) is 0 Å². The Hall–Kier alpha value is -0.820. The Bertz CT molecular complexity index is 808. The average Bonchev–Trinajstić information content (AvgIpc) is 2.47. The second kappa shape index (κ2) is 6.34. The van der Waals surface area contributed by atoms with Crippen LogP contribution in [0.2, 0.25) is 0 Å². The highest BCUT2D eigenvalue weighted by Gasteiger charge is 2.59. The van der Waals surface area contributed by atoms with Crippen molar-refractivity contribution in [2.45, 2.75) is 49.3 Å². The number of sulfonamides is 2. The minimum atomic E-state index is -6.59. The molecule has 0 unspecified atom stereocenters. The average molecular weight is 439 g/mol. The quantitative estimate of drug-likeness (QED) is 0.641. The molecule has 0 aliphatic heterocycles. The molecular weight excluding hydrogens is 421 g/mol. The van der Waals surface area contributed by atoms with Crippen molar-refractivity contribution in [2.75, 3.05) is 0 Å². The van der Waals surface area contributed by atoms with Gasteiger partial charge in [0.25, 0.3) is 10.0 Å². The fourth-order valence-corrected chi connectivity index (χ4v) is 7.43. The third-order valence-electron chi connectivity index (χ3n) is 6.03. The normalized spacial score (nSPS) is 34.0. The van der Waals surface area contributed by atoms with E-state index in [1.807, 2.05) is 0 Å². The predicted octanol–water partition coefficient (Wildman–Crippen LogP) is 2.38. The number of Topliss-reactive ketones (excluding diaryl/α,β-unsaturated/α-hetero) is 1. The highest BCUT2D eigenvalue weighted by molar-refractivity contribution is 8.05. The summed E-state index contributed by atoms with van der Waals surface area (Å²) in [6.07, 6.45) is 3.34. The zero-order chi connectivity index (χ0) is 20.4. The van der Waals surface area contributed by atoms with Gasteiger partial charge in [-0.05, 0) is 61.7 Å². The molecule has 0 aromatic rings. The molecule has 4 saturated carbocycles. The molecule has 4 aliphatic carbocycles. The molecule has 13 heteroatoms. The van der Waals surface area contributed by atoms with E-state index in [9.17, 15) is 43.6 Å². The molecule has 0 radical (unpaired) electrons. The van der Waals surface area contributed by atoms with Crippen LogP contribution in [0.4, 0.5) is 22.0 Å². The molecule has 4 fully saturated rings. The van der Waals surface area contributed by atoms with Crippen molar-refractivity contribution < 1.29 is 43.6 Å². The van der Waals surface area contributed by atoms with Crippen LogP contribution in [-0.4, -0.2) is 33.4 Å². The summed E-state index contributed by atoms with van der Waals surface area (Å²) >= 11 is 0. The Morgan fingerprint density at radius 3 is 1.67 bits per heavy atom. The van der Waals surface area contributed by atoms with Gasteiger partial charge in [0.15, 0.2) is 0 Å². The Morgan fingerprint density at radius 2 is 1.26 bits per heavy atom. The topological polar surface area (TPSA) is 97.4 Å². The molecular formula is C14H18F5NO5S2. The van der Waals surface area contributed by atoms with Gasteiger partial charge in [-0.15, -0.1) is 0 Å². The van der Waals surface area contributed by atoms with Crippen LogP contribution in [0, 0.1) is 29.6 Å². The van der Waals surface area contributed by atoms with Crippen LogP contribution in [0.5, 0.6) is 0 Å². The minimum Gasteiger partial charge on any atom is -0.292 e. The van der Waals surface area contributed by atoms with Crippen molar-refractivity contribution in [3.05, 3.63) is 0 Å². The van der Waals surface area contributed by atoms with Crippen molar-refractivity contribution >= 4 is 25.8 Å². The summed E-state index contributed by atoms with van der Waals surface area (Å²) in [7, 11) is -13.0. The van der Waals surface area contributed by atoms with Gasteiger partial charge < -0.3 is 0 Å². The van der Waals surface area contributed by atoms with E-state index in [4.69, 9.17) is 0 Å². The molecule has 156 valence electrons. The van der Waals surface area contributed by atoms with Gasteiger partial charge >= 0.3 is 20.8 Å². The molecule has 6 nitrogen and oxygen atoms in total. The summed E-state index contributed by atoms with van der Waals surface area (Å²) < 4.78 is 110. The van der Waals surface area contributed by atoms with Gasteiger partial charge in [-0.25, -0.2) is 16.8 Å². The SMILES string of the molecule is O=C(CC1C2CC3CC(C2)CC1C3)C(F)(F)S(=O)(=O)NS(=O)(=O)C(F)(F)F. The lowest BCUT2D eigenvalue weighted by Crippen LogP contribution is -2.52. The van der Waals surface area contributed by atoms with E-state index < -0.39 is 48.9 Å². The molecule has 4 rings (SSSR count). The lowest BCUT2D eigenvalue weighted by atomic mass is 9.51. The van der Waals surface area contributed by atoms with Crippen LogP contribution >= 0.6 is 0 Å². The van der Waals surface area contributed by atoms with E-state index in [1.165, 1.54) is 0 Å². The Kier molecular flexibility index (Phi) is 4.91. The summed E-state index contributed by atoms with van der Waals surface area (Å²) in [5.41, 5.74) is -6.11. The van der Waals surface area contributed by atoms with Crippen LogP contribution < -0.4 is 4.13 Å². The maximum absolute atomic E-state index is 14.1. The molecule has 0 aromatic heterocycles. The fraction of sp³-hybridized carbons (Fsp3) is 0.929. The third-order valence-corrected chi connectivity index (χ3v) is 9.30. The van der Waals surface area contributed by atoms with Gasteiger partial charge in [0.05, 0.1) is 0 Å². The number of hydrogen-bond acceptors (Lipinski definition) is 5. The van der Waals surface area contributed by atoms with Crippen LogP contribution in [-0.2, 0) is 24.8 Å². The molecule has 4 bridgehead atoms. The number of nitrogens with one attached hydrogen (secondary N) is 1. The smallest absolute Gasteiger partial charge is 0.292 e. The Balaban J connectivity index is 1.75. The number of rotatable bonds is 6. The second-order valence-corrected chi connectivity index (χ2v) is 11.4. The van der Waals surface area contributed by atoms with Crippen molar-refractivity contribution in [1.29, 1.82) is 0 Å². The zero-order valence-electron chi connectivity index (χ0n) is 13.9. The maximum Gasteiger partial charge on any atom is 0.512 e. The van der Waals surface area contributed by atoms with E-state index in [0.29, 0.717) is 11.8 Å². The van der Waals surface area contributed by atoms with E-state index in [-0.39, 0.29) is 16.0 Å². The highest BCUT2D eigenvalue weighted by atomic mass is 32.3. The highest BCUT2D eigenvalue weighted by Crippen LogP contribution is 2.57. The first-order chi connectivity index (χ1) is 12.1. The van der Waals surface area contributed by atoms with Gasteiger partial charge in [-0.1, -0.05) is 4.13 Å². The molecule has 0 saturated heterocycles. The lowest BCUT2D eigenvalue weighted by Gasteiger charge is -2.54. The molecule has 0 spiro atoms. The van der Waals surface area contributed by atoms with Crippen molar-refractivity contribution in [1.82, 2.24) is 4.13 Å². The third kappa shape index (κ3) is 3.61. The molecule has 0 atom stereocenters.